The van der Waals surface area contributed by atoms with Crippen molar-refractivity contribution >= 4 is 23.4 Å². The summed E-state index contributed by atoms with van der Waals surface area (Å²) in [5.41, 5.74) is 1.43. The summed E-state index contributed by atoms with van der Waals surface area (Å²) in [6.07, 6.45) is 0. The van der Waals surface area contributed by atoms with Gasteiger partial charge in [-0.05, 0) is 31.2 Å². The highest BCUT2D eigenvalue weighted by Gasteiger charge is 2.11. The van der Waals surface area contributed by atoms with Crippen LogP contribution in [0.25, 0.3) is 0 Å². The van der Waals surface area contributed by atoms with Crippen molar-refractivity contribution in [3.05, 3.63) is 47.4 Å². The van der Waals surface area contributed by atoms with E-state index in [-0.39, 0.29) is 11.6 Å². The van der Waals surface area contributed by atoms with Crippen LogP contribution in [0.3, 0.4) is 0 Å². The van der Waals surface area contributed by atoms with Crippen LogP contribution in [0.5, 0.6) is 0 Å². The number of nitrogens with zero attached hydrogens (tertiary/aromatic N) is 2. The summed E-state index contributed by atoms with van der Waals surface area (Å²) >= 11 is 0. The first kappa shape index (κ1) is 18.3. The van der Waals surface area contributed by atoms with E-state index in [9.17, 15) is 9.59 Å². The molecule has 2 aromatic rings. The Morgan fingerprint density at radius 2 is 1.84 bits per heavy atom. The number of hydrogen-bond acceptors (Lipinski definition) is 7. The summed E-state index contributed by atoms with van der Waals surface area (Å²) in [7, 11) is 2.89. The molecular weight excluding hydrogens is 324 g/mol. The Balaban J connectivity index is 2.11. The minimum absolute atomic E-state index is 0.261. The van der Waals surface area contributed by atoms with Gasteiger partial charge in [-0.2, -0.15) is 0 Å². The summed E-state index contributed by atoms with van der Waals surface area (Å²) < 4.78 is 9.56. The van der Waals surface area contributed by atoms with Crippen LogP contribution in [0.15, 0.2) is 30.3 Å². The number of benzene rings is 1. The molecule has 1 aromatic heterocycles. The van der Waals surface area contributed by atoms with Crippen molar-refractivity contribution < 1.29 is 19.1 Å². The highest BCUT2D eigenvalue weighted by atomic mass is 16.5. The zero-order valence-electron chi connectivity index (χ0n) is 14.3. The van der Waals surface area contributed by atoms with E-state index in [0.29, 0.717) is 30.4 Å². The van der Waals surface area contributed by atoms with Gasteiger partial charge < -0.3 is 20.1 Å². The molecule has 25 heavy (non-hydrogen) atoms. The number of anilines is 2. The summed E-state index contributed by atoms with van der Waals surface area (Å²) in [5.74, 6) is 0.245. The third-order valence-corrected chi connectivity index (χ3v) is 3.24. The first-order valence-electron chi connectivity index (χ1n) is 7.61. The van der Waals surface area contributed by atoms with Gasteiger partial charge in [0, 0.05) is 25.4 Å². The van der Waals surface area contributed by atoms with Crippen LogP contribution in [0, 0.1) is 6.92 Å². The molecule has 0 saturated heterocycles. The van der Waals surface area contributed by atoms with Gasteiger partial charge in [0.05, 0.1) is 19.3 Å². The normalized spacial score (nSPS) is 10.2. The van der Waals surface area contributed by atoms with Crippen LogP contribution in [0.4, 0.5) is 11.5 Å². The van der Waals surface area contributed by atoms with Crippen LogP contribution in [0.2, 0.25) is 0 Å². The quantitative estimate of drug-likeness (QED) is 0.582. The number of amides is 1. The van der Waals surface area contributed by atoms with Crippen LogP contribution in [-0.2, 0) is 9.47 Å². The van der Waals surface area contributed by atoms with Crippen LogP contribution >= 0.6 is 0 Å². The molecule has 1 heterocycles. The molecule has 0 aliphatic rings. The molecule has 2 rings (SSSR count). The third-order valence-electron chi connectivity index (χ3n) is 3.24. The zero-order chi connectivity index (χ0) is 18.2. The average molecular weight is 344 g/mol. The van der Waals surface area contributed by atoms with E-state index in [1.807, 2.05) is 0 Å². The Bertz CT molecular complexity index is 747. The number of rotatable bonds is 7. The van der Waals surface area contributed by atoms with Crippen molar-refractivity contribution in [3.63, 3.8) is 0 Å². The fraction of sp³-hybridized carbons (Fsp3) is 0.294. The second-order valence-electron chi connectivity index (χ2n) is 5.13. The second-order valence-corrected chi connectivity index (χ2v) is 5.13. The van der Waals surface area contributed by atoms with Gasteiger partial charge in [0.2, 0.25) is 0 Å². The fourth-order valence-electron chi connectivity index (χ4n) is 2.06. The monoisotopic (exact) mass is 344 g/mol. The van der Waals surface area contributed by atoms with E-state index in [1.165, 1.54) is 7.11 Å². The smallest absolute Gasteiger partial charge is 0.337 e. The van der Waals surface area contributed by atoms with E-state index in [0.717, 1.165) is 5.69 Å². The molecule has 0 spiro atoms. The predicted octanol–water partition coefficient (Wildman–Crippen LogP) is 1.69. The molecule has 0 unspecified atom stereocenters. The lowest BCUT2D eigenvalue weighted by Gasteiger charge is -2.09. The van der Waals surface area contributed by atoms with Crippen molar-refractivity contribution in [2.24, 2.45) is 0 Å². The largest absolute Gasteiger partial charge is 0.465 e. The highest BCUT2D eigenvalue weighted by Crippen LogP contribution is 2.16. The molecule has 0 aliphatic carbocycles. The topological polar surface area (TPSA) is 102 Å². The molecule has 0 atom stereocenters. The van der Waals surface area contributed by atoms with E-state index in [4.69, 9.17) is 4.74 Å². The number of hydrogen-bond donors (Lipinski definition) is 2. The number of methoxy groups -OCH3 is 2. The number of nitrogens with one attached hydrogen (secondary N) is 2. The van der Waals surface area contributed by atoms with E-state index < -0.39 is 5.97 Å². The molecule has 2 N–H and O–H groups in total. The first-order valence-corrected chi connectivity index (χ1v) is 7.61. The maximum Gasteiger partial charge on any atom is 0.337 e. The predicted molar refractivity (Wildman–Crippen MR) is 92.0 cm³/mol. The minimum Gasteiger partial charge on any atom is -0.465 e. The van der Waals surface area contributed by atoms with Crippen molar-refractivity contribution in [1.82, 2.24) is 15.3 Å². The fourth-order valence-corrected chi connectivity index (χ4v) is 2.06. The molecule has 0 fully saturated rings. The average Bonchev–Trinajstić information content (AvgIpc) is 2.61. The van der Waals surface area contributed by atoms with E-state index in [2.05, 4.69) is 25.3 Å². The SMILES string of the molecule is COCCNC(=O)c1cc(Nc2ccc(C(=O)OC)cc2)nc(C)n1. The van der Waals surface area contributed by atoms with Gasteiger partial charge in [-0.1, -0.05) is 0 Å². The molecule has 8 heteroatoms. The maximum atomic E-state index is 12.1. The molecule has 0 aliphatic heterocycles. The van der Waals surface area contributed by atoms with Crippen LogP contribution < -0.4 is 10.6 Å². The van der Waals surface area contributed by atoms with Crippen molar-refractivity contribution in [1.29, 1.82) is 0 Å². The van der Waals surface area contributed by atoms with E-state index in [1.54, 1.807) is 44.4 Å². The summed E-state index contributed by atoms with van der Waals surface area (Å²) in [6.45, 7) is 2.53. The minimum atomic E-state index is -0.403. The number of aromatic nitrogens is 2. The third kappa shape index (κ3) is 5.25. The molecule has 1 aromatic carbocycles. The van der Waals surface area contributed by atoms with Gasteiger partial charge in [0.25, 0.3) is 5.91 Å². The Morgan fingerprint density at radius 1 is 1.12 bits per heavy atom. The molecule has 1 amide bonds. The molecule has 0 saturated carbocycles. The molecular formula is C17H20N4O4. The van der Waals surface area contributed by atoms with Gasteiger partial charge in [0.1, 0.15) is 17.3 Å². The molecule has 0 radical (unpaired) electrons. The lowest BCUT2D eigenvalue weighted by atomic mass is 10.2. The molecule has 0 bridgehead atoms. The van der Waals surface area contributed by atoms with Gasteiger partial charge in [0.15, 0.2) is 0 Å². The number of aryl methyl sites for hydroxylation is 1. The maximum absolute atomic E-state index is 12.1. The van der Waals surface area contributed by atoms with Gasteiger partial charge in [-0.25, -0.2) is 14.8 Å². The number of ether oxygens (including phenoxy) is 2. The summed E-state index contributed by atoms with van der Waals surface area (Å²) in [6, 6.07) is 8.29. The Kier molecular flexibility index (Phi) is 6.41. The number of carbonyl (C=O) groups is 2. The number of esters is 1. The van der Waals surface area contributed by atoms with Gasteiger partial charge in [-0.3, -0.25) is 4.79 Å². The van der Waals surface area contributed by atoms with Crippen molar-refractivity contribution in [2.75, 3.05) is 32.7 Å². The zero-order valence-corrected chi connectivity index (χ0v) is 14.3. The molecule has 132 valence electrons. The number of carbonyl (C=O) groups excluding carboxylic acids is 2. The summed E-state index contributed by atoms with van der Waals surface area (Å²) in [4.78, 5) is 31.9. The Hall–Kier alpha value is -3.00. The van der Waals surface area contributed by atoms with Crippen LogP contribution in [0.1, 0.15) is 26.7 Å². The Morgan fingerprint density at radius 3 is 2.48 bits per heavy atom. The second kappa shape index (κ2) is 8.74. The van der Waals surface area contributed by atoms with E-state index >= 15 is 0 Å². The van der Waals surface area contributed by atoms with Crippen molar-refractivity contribution in [3.8, 4) is 0 Å². The van der Waals surface area contributed by atoms with Crippen molar-refractivity contribution in [2.45, 2.75) is 6.92 Å². The first-order chi connectivity index (χ1) is 12.0. The van der Waals surface area contributed by atoms with Gasteiger partial charge in [-0.15, -0.1) is 0 Å². The standard InChI is InChI=1S/C17H20N4O4/c1-11-19-14(16(22)18-8-9-24-2)10-15(20-11)21-13-6-4-12(5-7-13)17(23)25-3/h4-7,10H,8-9H2,1-3H3,(H,18,22)(H,19,20,21). The summed E-state index contributed by atoms with van der Waals surface area (Å²) in [5, 5.41) is 5.79. The Labute approximate surface area is 145 Å². The van der Waals surface area contributed by atoms with Gasteiger partial charge >= 0.3 is 5.97 Å². The lowest BCUT2D eigenvalue weighted by Crippen LogP contribution is -2.28. The lowest BCUT2D eigenvalue weighted by molar-refractivity contribution is 0.0600. The highest BCUT2D eigenvalue weighted by molar-refractivity contribution is 5.93. The van der Waals surface area contributed by atoms with Crippen LogP contribution in [-0.4, -0.2) is 49.2 Å². The molecule has 8 nitrogen and oxygen atoms in total.